The molecule has 7 heteroatoms. The minimum atomic E-state index is 0. The van der Waals surface area contributed by atoms with Crippen LogP contribution in [0.4, 0.5) is 5.69 Å². The number of nitrogens with zero attached hydrogens (tertiary/aromatic N) is 3. The Morgan fingerprint density at radius 1 is 1.14 bits per heavy atom. The summed E-state index contributed by atoms with van der Waals surface area (Å²) in [6.45, 7) is 4.75. The van der Waals surface area contributed by atoms with Crippen molar-refractivity contribution >= 4 is 35.6 Å². The molecule has 2 heterocycles. The first-order chi connectivity index (χ1) is 13.3. The molecule has 1 atom stereocenters. The molecule has 0 spiro atoms. The zero-order valence-corrected chi connectivity index (χ0v) is 19.1. The van der Waals surface area contributed by atoms with Crippen molar-refractivity contribution in [3.8, 4) is 0 Å². The Morgan fingerprint density at radius 3 is 2.54 bits per heavy atom. The smallest absolute Gasteiger partial charge is 0.191 e. The molecule has 2 aromatic rings. The lowest BCUT2D eigenvalue weighted by atomic mass is 10.2. The number of benzene rings is 1. The second kappa shape index (κ2) is 12.0. The summed E-state index contributed by atoms with van der Waals surface area (Å²) in [7, 11) is 3.92. The number of guanidine groups is 1. The summed E-state index contributed by atoms with van der Waals surface area (Å²) in [4.78, 5) is 9.09. The summed E-state index contributed by atoms with van der Waals surface area (Å²) < 4.78 is 5.69. The molecule has 1 fully saturated rings. The van der Waals surface area contributed by atoms with Gasteiger partial charge in [0.2, 0.25) is 0 Å². The van der Waals surface area contributed by atoms with Gasteiger partial charge in [0.25, 0.3) is 0 Å². The molecule has 1 aliphatic rings. The molecule has 1 aromatic carbocycles. The van der Waals surface area contributed by atoms with E-state index in [0.29, 0.717) is 0 Å². The van der Waals surface area contributed by atoms with E-state index in [1.54, 1.807) is 6.26 Å². The average Bonchev–Trinajstić information content (AvgIpc) is 3.42. The first-order valence-electron chi connectivity index (χ1n) is 9.76. The third kappa shape index (κ3) is 6.41. The maximum atomic E-state index is 5.69. The van der Waals surface area contributed by atoms with E-state index < -0.39 is 0 Å². The van der Waals surface area contributed by atoms with Crippen LogP contribution in [0.2, 0.25) is 0 Å². The fourth-order valence-corrected chi connectivity index (χ4v) is 3.51. The van der Waals surface area contributed by atoms with Gasteiger partial charge in [-0.25, -0.2) is 0 Å². The van der Waals surface area contributed by atoms with Crippen LogP contribution in [0.3, 0.4) is 0 Å². The minimum absolute atomic E-state index is 0. The van der Waals surface area contributed by atoms with Gasteiger partial charge in [-0.1, -0.05) is 18.2 Å². The van der Waals surface area contributed by atoms with Crippen molar-refractivity contribution in [3.05, 3.63) is 54.5 Å². The Balaban J connectivity index is 0.00000280. The van der Waals surface area contributed by atoms with E-state index in [1.807, 2.05) is 19.2 Å². The summed E-state index contributed by atoms with van der Waals surface area (Å²) in [5, 5.41) is 6.88. The number of likely N-dealkylation sites (tertiary alicyclic amines) is 1. The molecule has 28 heavy (non-hydrogen) atoms. The van der Waals surface area contributed by atoms with Crippen molar-refractivity contribution < 1.29 is 4.42 Å². The molecular weight excluding hydrogens is 465 g/mol. The second-order valence-corrected chi connectivity index (χ2v) is 6.91. The number of nitrogens with one attached hydrogen (secondary N) is 2. The van der Waals surface area contributed by atoms with Gasteiger partial charge in [-0.15, -0.1) is 24.0 Å². The number of aliphatic imine (C=N–C) groups is 1. The van der Waals surface area contributed by atoms with E-state index in [4.69, 9.17) is 4.42 Å². The number of hydrogen-bond acceptors (Lipinski definition) is 4. The maximum Gasteiger partial charge on any atom is 0.191 e. The molecule has 0 saturated carbocycles. The zero-order valence-electron chi connectivity index (χ0n) is 16.8. The van der Waals surface area contributed by atoms with Gasteiger partial charge in [-0.05, 0) is 50.2 Å². The van der Waals surface area contributed by atoms with E-state index in [-0.39, 0.29) is 30.0 Å². The quantitative estimate of drug-likeness (QED) is 0.333. The maximum absolute atomic E-state index is 5.69. The van der Waals surface area contributed by atoms with Gasteiger partial charge in [-0.3, -0.25) is 9.89 Å². The summed E-state index contributed by atoms with van der Waals surface area (Å²) in [6, 6.07) is 14.7. The molecule has 3 rings (SSSR count). The molecule has 1 unspecified atom stereocenters. The molecule has 1 aromatic heterocycles. The number of furan rings is 1. The normalized spacial score (nSPS) is 15.7. The van der Waals surface area contributed by atoms with Crippen LogP contribution in [0.1, 0.15) is 24.6 Å². The lowest BCUT2D eigenvalue weighted by molar-refractivity contribution is 0.215. The van der Waals surface area contributed by atoms with Gasteiger partial charge in [0.05, 0.1) is 12.3 Å². The van der Waals surface area contributed by atoms with E-state index in [0.717, 1.165) is 44.4 Å². The molecule has 2 N–H and O–H groups in total. The third-order valence-electron chi connectivity index (χ3n) is 5.08. The Kier molecular flexibility index (Phi) is 9.63. The first kappa shape index (κ1) is 22.5. The van der Waals surface area contributed by atoms with Crippen molar-refractivity contribution in [3.63, 3.8) is 0 Å². The second-order valence-electron chi connectivity index (χ2n) is 6.91. The number of rotatable bonds is 8. The lowest BCUT2D eigenvalue weighted by Crippen LogP contribution is -2.44. The van der Waals surface area contributed by atoms with E-state index in [9.17, 15) is 0 Å². The Hall–Kier alpha value is -1.74. The van der Waals surface area contributed by atoms with Gasteiger partial charge in [0.1, 0.15) is 5.76 Å². The van der Waals surface area contributed by atoms with Crippen LogP contribution in [-0.4, -0.2) is 57.7 Å². The van der Waals surface area contributed by atoms with Crippen LogP contribution in [-0.2, 0) is 0 Å². The predicted octanol–water partition coefficient (Wildman–Crippen LogP) is 3.34. The van der Waals surface area contributed by atoms with Crippen LogP contribution in [0.5, 0.6) is 0 Å². The van der Waals surface area contributed by atoms with Crippen molar-refractivity contribution in [2.75, 3.05) is 51.7 Å². The fraction of sp³-hybridized carbons (Fsp3) is 0.476. The topological polar surface area (TPSA) is 56.0 Å². The monoisotopic (exact) mass is 497 g/mol. The molecule has 1 aliphatic heterocycles. The van der Waals surface area contributed by atoms with Crippen LogP contribution in [0.15, 0.2) is 58.1 Å². The Labute approximate surface area is 185 Å². The SMILES string of the molecule is CN=C(NCCN(C)c1ccccc1)NCC(c1ccco1)N1CCCC1.I. The van der Waals surface area contributed by atoms with Crippen LogP contribution < -0.4 is 15.5 Å². The highest BCUT2D eigenvalue weighted by atomic mass is 127. The highest BCUT2D eigenvalue weighted by Gasteiger charge is 2.25. The molecule has 0 radical (unpaired) electrons. The Bertz CT molecular complexity index is 686. The highest BCUT2D eigenvalue weighted by molar-refractivity contribution is 14.0. The minimum Gasteiger partial charge on any atom is -0.468 e. The average molecular weight is 497 g/mol. The molecule has 154 valence electrons. The summed E-state index contributed by atoms with van der Waals surface area (Å²) in [5.41, 5.74) is 1.22. The zero-order chi connectivity index (χ0) is 18.9. The van der Waals surface area contributed by atoms with Gasteiger partial charge in [0, 0.05) is 39.4 Å². The van der Waals surface area contributed by atoms with Crippen LogP contribution in [0.25, 0.3) is 0 Å². The van der Waals surface area contributed by atoms with Crippen molar-refractivity contribution in [2.24, 2.45) is 4.99 Å². The number of hydrogen-bond donors (Lipinski definition) is 2. The largest absolute Gasteiger partial charge is 0.468 e. The van der Waals surface area contributed by atoms with E-state index in [1.165, 1.54) is 18.5 Å². The summed E-state index contributed by atoms with van der Waals surface area (Å²) in [5.74, 6) is 1.84. The standard InChI is InChI=1S/C21H31N5O.HI/c1-22-21(23-12-15-25(2)18-9-4-3-5-10-18)24-17-19(20-11-8-16-27-20)26-13-6-7-14-26;/h3-5,8-11,16,19H,6-7,12-15,17H2,1-2H3,(H2,22,23,24);1H. The third-order valence-corrected chi connectivity index (χ3v) is 5.08. The van der Waals surface area contributed by atoms with E-state index >= 15 is 0 Å². The molecular formula is C21H32IN5O. The fourth-order valence-electron chi connectivity index (χ4n) is 3.51. The number of likely N-dealkylation sites (N-methyl/N-ethyl adjacent to an activating group) is 1. The van der Waals surface area contributed by atoms with Crippen molar-refractivity contribution in [1.29, 1.82) is 0 Å². The van der Waals surface area contributed by atoms with Gasteiger partial charge >= 0.3 is 0 Å². The lowest BCUT2D eigenvalue weighted by Gasteiger charge is -2.27. The Morgan fingerprint density at radius 2 is 1.89 bits per heavy atom. The van der Waals surface area contributed by atoms with Crippen LogP contribution >= 0.6 is 24.0 Å². The molecule has 0 aliphatic carbocycles. The number of anilines is 1. The van der Waals surface area contributed by atoms with E-state index in [2.05, 4.69) is 62.8 Å². The van der Waals surface area contributed by atoms with Crippen molar-refractivity contribution in [2.45, 2.75) is 18.9 Å². The molecule has 0 bridgehead atoms. The molecule has 6 nitrogen and oxygen atoms in total. The molecule has 0 amide bonds. The first-order valence-corrected chi connectivity index (χ1v) is 9.76. The predicted molar refractivity (Wildman–Crippen MR) is 127 cm³/mol. The number of halogens is 1. The van der Waals surface area contributed by atoms with Gasteiger partial charge in [0.15, 0.2) is 5.96 Å². The van der Waals surface area contributed by atoms with Crippen molar-refractivity contribution in [1.82, 2.24) is 15.5 Å². The van der Waals surface area contributed by atoms with Crippen LogP contribution in [0, 0.1) is 0 Å². The van der Waals surface area contributed by atoms with Gasteiger partial charge < -0.3 is 20.0 Å². The highest BCUT2D eigenvalue weighted by Crippen LogP contribution is 2.24. The summed E-state index contributed by atoms with van der Waals surface area (Å²) in [6.07, 6.45) is 4.27. The summed E-state index contributed by atoms with van der Waals surface area (Å²) >= 11 is 0. The van der Waals surface area contributed by atoms with Gasteiger partial charge in [-0.2, -0.15) is 0 Å². The number of para-hydroxylation sites is 1. The molecule has 1 saturated heterocycles.